The molecular formula is C19H21NO2. The van der Waals surface area contributed by atoms with Crippen molar-refractivity contribution in [2.45, 2.75) is 44.6 Å². The third-order valence-electron chi connectivity index (χ3n) is 6.55. The molecule has 2 amide bonds. The number of carbonyl (C=O) groups is 2. The van der Waals surface area contributed by atoms with Gasteiger partial charge in [0, 0.05) is 6.04 Å². The first kappa shape index (κ1) is 12.9. The first-order valence-corrected chi connectivity index (χ1v) is 8.67. The average Bonchev–Trinajstić information content (AvgIpc) is 2.61. The molecule has 4 bridgehead atoms. The van der Waals surface area contributed by atoms with Crippen LogP contribution in [0, 0.1) is 23.7 Å². The first-order valence-electron chi connectivity index (χ1n) is 8.67. The van der Waals surface area contributed by atoms with E-state index in [1.54, 1.807) is 17.0 Å². The van der Waals surface area contributed by atoms with E-state index in [-0.39, 0.29) is 17.9 Å². The van der Waals surface area contributed by atoms with Crippen LogP contribution in [0.5, 0.6) is 0 Å². The van der Waals surface area contributed by atoms with E-state index in [0.29, 0.717) is 17.0 Å². The maximum atomic E-state index is 12.8. The molecule has 0 spiro atoms. The van der Waals surface area contributed by atoms with Crippen molar-refractivity contribution in [2.75, 3.05) is 0 Å². The summed E-state index contributed by atoms with van der Waals surface area (Å²) in [4.78, 5) is 27.2. The van der Waals surface area contributed by atoms with E-state index in [2.05, 4.69) is 0 Å². The minimum absolute atomic E-state index is 0.0492. The summed E-state index contributed by atoms with van der Waals surface area (Å²) in [7, 11) is 0. The van der Waals surface area contributed by atoms with Gasteiger partial charge in [0.25, 0.3) is 11.8 Å². The van der Waals surface area contributed by atoms with Crippen LogP contribution >= 0.6 is 0 Å². The number of hydrogen-bond donors (Lipinski definition) is 0. The number of imide groups is 1. The molecule has 114 valence electrons. The van der Waals surface area contributed by atoms with E-state index in [1.165, 1.54) is 32.1 Å². The van der Waals surface area contributed by atoms with Gasteiger partial charge in [-0.05, 0) is 74.3 Å². The Kier molecular flexibility index (Phi) is 2.59. The summed E-state index contributed by atoms with van der Waals surface area (Å²) in [6.07, 6.45) is 7.54. The van der Waals surface area contributed by atoms with E-state index in [9.17, 15) is 9.59 Å². The lowest BCUT2D eigenvalue weighted by atomic mass is 9.67. The molecule has 3 atom stereocenters. The molecule has 5 aliphatic rings. The molecule has 4 aliphatic carbocycles. The number of amides is 2. The van der Waals surface area contributed by atoms with Crippen LogP contribution in [-0.2, 0) is 0 Å². The Labute approximate surface area is 130 Å². The molecule has 0 aromatic heterocycles. The van der Waals surface area contributed by atoms with Gasteiger partial charge < -0.3 is 0 Å². The van der Waals surface area contributed by atoms with Gasteiger partial charge >= 0.3 is 0 Å². The van der Waals surface area contributed by atoms with Gasteiger partial charge in [-0.2, -0.15) is 0 Å². The minimum atomic E-state index is -0.0492. The minimum Gasteiger partial charge on any atom is -0.271 e. The predicted molar refractivity (Wildman–Crippen MR) is 82.4 cm³/mol. The van der Waals surface area contributed by atoms with Crippen LogP contribution in [-0.4, -0.2) is 22.8 Å². The Morgan fingerprint density at radius 1 is 0.727 bits per heavy atom. The molecule has 4 saturated carbocycles. The van der Waals surface area contributed by atoms with Crippen LogP contribution in [0.25, 0.3) is 0 Å². The van der Waals surface area contributed by atoms with Crippen LogP contribution in [0.15, 0.2) is 24.3 Å². The third-order valence-corrected chi connectivity index (χ3v) is 6.55. The van der Waals surface area contributed by atoms with Gasteiger partial charge in [0.2, 0.25) is 0 Å². The molecular weight excluding hydrogens is 274 g/mol. The highest BCUT2D eigenvalue weighted by Gasteiger charge is 2.49. The van der Waals surface area contributed by atoms with Crippen LogP contribution in [0.1, 0.15) is 59.2 Å². The molecule has 0 N–H and O–H groups in total. The highest BCUT2D eigenvalue weighted by Crippen LogP contribution is 2.52. The van der Waals surface area contributed by atoms with E-state index >= 15 is 0 Å². The lowest BCUT2D eigenvalue weighted by Crippen LogP contribution is -2.45. The maximum absolute atomic E-state index is 12.8. The van der Waals surface area contributed by atoms with Crippen molar-refractivity contribution in [3.05, 3.63) is 35.4 Å². The summed E-state index contributed by atoms with van der Waals surface area (Å²) < 4.78 is 0. The normalized spacial score (nSPS) is 39.3. The number of hydrogen-bond acceptors (Lipinski definition) is 2. The van der Waals surface area contributed by atoms with Crippen LogP contribution < -0.4 is 0 Å². The van der Waals surface area contributed by atoms with Gasteiger partial charge in [0.15, 0.2) is 0 Å². The molecule has 3 unspecified atom stereocenters. The van der Waals surface area contributed by atoms with Crippen molar-refractivity contribution >= 4 is 11.8 Å². The second kappa shape index (κ2) is 4.43. The van der Waals surface area contributed by atoms with E-state index in [1.807, 2.05) is 12.1 Å². The standard InChI is InChI=1S/C19H21NO2/c21-18-15-3-1-2-4-16(15)19(22)20(18)17-10-13-6-11-5-12(7-13)9-14(17)8-11/h1-4,11-14,17H,5-10H2. The second-order valence-corrected chi connectivity index (χ2v) is 7.87. The Balaban J connectivity index is 1.53. The van der Waals surface area contributed by atoms with Gasteiger partial charge in [0.05, 0.1) is 11.1 Å². The molecule has 1 aliphatic heterocycles. The van der Waals surface area contributed by atoms with Gasteiger partial charge in [0.1, 0.15) is 0 Å². The molecule has 6 rings (SSSR count). The highest BCUT2D eigenvalue weighted by atomic mass is 16.2. The van der Waals surface area contributed by atoms with Crippen LogP contribution in [0.4, 0.5) is 0 Å². The maximum Gasteiger partial charge on any atom is 0.261 e. The van der Waals surface area contributed by atoms with Gasteiger partial charge in [-0.3, -0.25) is 14.5 Å². The Morgan fingerprint density at radius 3 is 1.77 bits per heavy atom. The number of benzene rings is 1. The molecule has 22 heavy (non-hydrogen) atoms. The van der Waals surface area contributed by atoms with Gasteiger partial charge in [-0.1, -0.05) is 12.1 Å². The van der Waals surface area contributed by atoms with Gasteiger partial charge in [-0.25, -0.2) is 0 Å². The van der Waals surface area contributed by atoms with Crippen LogP contribution in [0.2, 0.25) is 0 Å². The van der Waals surface area contributed by atoms with Crippen molar-refractivity contribution in [1.82, 2.24) is 4.90 Å². The number of nitrogens with zero attached hydrogens (tertiary/aromatic N) is 1. The third kappa shape index (κ3) is 1.68. The number of carbonyl (C=O) groups excluding carboxylic acids is 2. The van der Waals surface area contributed by atoms with Crippen molar-refractivity contribution < 1.29 is 9.59 Å². The van der Waals surface area contributed by atoms with Crippen molar-refractivity contribution in [1.29, 1.82) is 0 Å². The zero-order chi connectivity index (χ0) is 14.8. The van der Waals surface area contributed by atoms with Crippen molar-refractivity contribution in [3.8, 4) is 0 Å². The molecule has 1 heterocycles. The number of fused-ring (bicyclic) bond motifs is 2. The number of rotatable bonds is 1. The summed E-state index contributed by atoms with van der Waals surface area (Å²) in [5, 5.41) is 0. The molecule has 1 aromatic rings. The smallest absolute Gasteiger partial charge is 0.261 e. The highest BCUT2D eigenvalue weighted by molar-refractivity contribution is 6.21. The molecule has 0 radical (unpaired) electrons. The SMILES string of the molecule is O=C1c2ccccc2C(=O)N1C1CC2CC3CC(C2)CC1C3. The average molecular weight is 295 g/mol. The largest absolute Gasteiger partial charge is 0.271 e. The monoisotopic (exact) mass is 295 g/mol. The summed E-state index contributed by atoms with van der Waals surface area (Å²) in [6.45, 7) is 0. The fourth-order valence-electron chi connectivity index (χ4n) is 5.91. The fraction of sp³-hybridized carbons (Fsp3) is 0.579. The van der Waals surface area contributed by atoms with Crippen molar-refractivity contribution in [3.63, 3.8) is 0 Å². The molecule has 1 aromatic carbocycles. The van der Waals surface area contributed by atoms with Crippen LogP contribution in [0.3, 0.4) is 0 Å². The topological polar surface area (TPSA) is 37.4 Å². The zero-order valence-corrected chi connectivity index (χ0v) is 12.7. The Morgan fingerprint density at radius 2 is 1.23 bits per heavy atom. The summed E-state index contributed by atoms with van der Waals surface area (Å²) in [5.41, 5.74) is 1.22. The molecule has 4 fully saturated rings. The van der Waals surface area contributed by atoms with E-state index < -0.39 is 0 Å². The summed E-state index contributed by atoms with van der Waals surface area (Å²) in [5.74, 6) is 2.87. The lowest BCUT2D eigenvalue weighted by molar-refractivity contribution is 0.0477. The van der Waals surface area contributed by atoms with E-state index in [0.717, 1.165) is 24.2 Å². The Bertz CT molecular complexity index is 618. The molecule has 3 nitrogen and oxygen atoms in total. The molecule has 3 heteroatoms. The fourth-order valence-corrected chi connectivity index (χ4v) is 5.91. The van der Waals surface area contributed by atoms with Gasteiger partial charge in [-0.15, -0.1) is 0 Å². The summed E-state index contributed by atoms with van der Waals surface area (Å²) >= 11 is 0. The molecule has 0 saturated heterocycles. The second-order valence-electron chi connectivity index (χ2n) is 7.87. The quantitative estimate of drug-likeness (QED) is 0.744. The summed E-state index contributed by atoms with van der Waals surface area (Å²) in [6, 6.07) is 7.46. The lowest BCUT2D eigenvalue weighted by Gasteiger charge is -2.39. The van der Waals surface area contributed by atoms with Crippen molar-refractivity contribution in [2.24, 2.45) is 23.7 Å². The van der Waals surface area contributed by atoms with E-state index in [4.69, 9.17) is 0 Å². The first-order chi connectivity index (χ1) is 10.7. The Hall–Kier alpha value is -1.64. The predicted octanol–water partition coefficient (Wildman–Crippen LogP) is 3.50. The zero-order valence-electron chi connectivity index (χ0n) is 12.7.